The van der Waals surface area contributed by atoms with Crippen molar-refractivity contribution in [2.24, 2.45) is 11.8 Å². The Morgan fingerprint density at radius 1 is 0.839 bits per heavy atom. The number of unbranched alkanes of at least 4 members (excludes halogenated alkanes) is 9. The summed E-state index contributed by atoms with van der Waals surface area (Å²) in [6.45, 7) is 16.8. The van der Waals surface area contributed by atoms with E-state index >= 15 is 0 Å². The zero-order valence-electron chi connectivity index (χ0n) is 22.3. The number of hydrogen-bond donors (Lipinski definition) is 1. The molecule has 0 aromatic heterocycles. The average molecular weight is 437 g/mol. The van der Waals surface area contributed by atoms with Gasteiger partial charge in [-0.15, -0.1) is 0 Å². The number of nitrogens with zero attached hydrogens (tertiary/aromatic N) is 1. The molecule has 1 atom stereocenters. The molecule has 1 heterocycles. The molecule has 1 aliphatic rings. The summed E-state index contributed by atoms with van der Waals surface area (Å²) in [6, 6.07) is 0. The van der Waals surface area contributed by atoms with Crippen LogP contribution >= 0.6 is 0 Å². The van der Waals surface area contributed by atoms with Crippen LogP contribution in [0.3, 0.4) is 0 Å². The van der Waals surface area contributed by atoms with Gasteiger partial charge in [0.05, 0.1) is 6.61 Å². The minimum absolute atomic E-state index is 0.0294. The van der Waals surface area contributed by atoms with E-state index in [1.54, 1.807) is 0 Å². The molecule has 1 N–H and O–H groups in total. The van der Waals surface area contributed by atoms with E-state index in [2.05, 4.69) is 53.5 Å². The Balaban J connectivity index is 2.28. The van der Waals surface area contributed by atoms with E-state index in [0.29, 0.717) is 11.8 Å². The number of rotatable bonds is 17. The van der Waals surface area contributed by atoms with Gasteiger partial charge < -0.3 is 5.41 Å². The molecule has 1 fully saturated rings. The maximum Gasteiger partial charge on any atom is 0.0683 e. The molecule has 31 heavy (non-hydrogen) atoms. The number of piperidine rings is 1. The molecule has 184 valence electrons. The van der Waals surface area contributed by atoms with Crippen molar-refractivity contribution in [1.82, 2.24) is 5.06 Å². The van der Waals surface area contributed by atoms with Crippen LogP contribution in [0.25, 0.3) is 0 Å². The summed E-state index contributed by atoms with van der Waals surface area (Å²) in [5, 5.41) is 11.0. The van der Waals surface area contributed by atoms with Crippen LogP contribution in [0.1, 0.15) is 145 Å². The Bertz CT molecular complexity index is 467. The minimum atomic E-state index is 0.0294. The lowest BCUT2D eigenvalue weighted by atomic mass is 9.72. The van der Waals surface area contributed by atoms with Gasteiger partial charge in [-0.05, 0) is 71.6 Å². The first kappa shape index (κ1) is 28.6. The zero-order chi connectivity index (χ0) is 23.3. The molecule has 0 amide bonds. The molecule has 0 aromatic rings. The molecular weight excluding hydrogens is 380 g/mol. The van der Waals surface area contributed by atoms with Crippen molar-refractivity contribution in [2.45, 2.75) is 156 Å². The summed E-state index contributed by atoms with van der Waals surface area (Å²) in [6.07, 6.45) is 19.3. The van der Waals surface area contributed by atoms with Crippen LogP contribution in [-0.2, 0) is 4.84 Å². The van der Waals surface area contributed by atoms with Gasteiger partial charge in [-0.3, -0.25) is 4.84 Å². The van der Waals surface area contributed by atoms with Gasteiger partial charge in [0.15, 0.2) is 0 Å². The van der Waals surface area contributed by atoms with Crippen LogP contribution in [0.2, 0.25) is 0 Å². The molecule has 1 aliphatic heterocycles. The van der Waals surface area contributed by atoms with E-state index in [1.165, 1.54) is 70.6 Å². The lowest BCUT2D eigenvalue weighted by molar-refractivity contribution is -0.287. The van der Waals surface area contributed by atoms with Crippen molar-refractivity contribution in [1.29, 1.82) is 5.41 Å². The second-order valence-electron chi connectivity index (χ2n) is 11.6. The van der Waals surface area contributed by atoms with E-state index in [0.717, 1.165) is 38.0 Å². The number of hydroxylamine groups is 2. The van der Waals surface area contributed by atoms with Gasteiger partial charge in [0.25, 0.3) is 0 Å². The SMILES string of the molecule is CCCCCCCCCCCCC(C)C(=N)CC1CC(C)(C)N(OCCC)C(C)(C)C1. The summed E-state index contributed by atoms with van der Waals surface area (Å²) < 4.78 is 0. The first-order valence-electron chi connectivity index (χ1n) is 13.6. The Morgan fingerprint density at radius 2 is 1.32 bits per heavy atom. The van der Waals surface area contributed by atoms with E-state index in [9.17, 15) is 0 Å². The van der Waals surface area contributed by atoms with Crippen molar-refractivity contribution < 1.29 is 4.84 Å². The highest BCUT2D eigenvalue weighted by Gasteiger charge is 2.46. The molecule has 0 radical (unpaired) electrons. The first-order chi connectivity index (χ1) is 14.6. The van der Waals surface area contributed by atoms with E-state index in [-0.39, 0.29) is 11.1 Å². The summed E-state index contributed by atoms with van der Waals surface area (Å²) in [5.41, 5.74) is 1.04. The van der Waals surface area contributed by atoms with Crippen LogP contribution < -0.4 is 0 Å². The third-order valence-corrected chi connectivity index (χ3v) is 7.19. The maximum absolute atomic E-state index is 8.73. The summed E-state index contributed by atoms with van der Waals surface area (Å²) in [5.74, 6) is 1.03. The predicted octanol–water partition coefficient (Wildman–Crippen LogP) is 8.95. The molecule has 0 bridgehead atoms. The Labute approximate surface area is 195 Å². The second kappa shape index (κ2) is 14.7. The van der Waals surface area contributed by atoms with Crippen LogP contribution in [0, 0.1) is 17.2 Å². The molecule has 1 rings (SSSR count). The highest BCUT2D eigenvalue weighted by atomic mass is 16.7. The van der Waals surface area contributed by atoms with Gasteiger partial charge in [-0.2, -0.15) is 5.06 Å². The van der Waals surface area contributed by atoms with E-state index in [1.807, 2.05) is 0 Å². The molecule has 1 saturated heterocycles. The first-order valence-corrected chi connectivity index (χ1v) is 13.6. The number of nitrogens with one attached hydrogen (secondary N) is 1. The smallest absolute Gasteiger partial charge is 0.0683 e. The van der Waals surface area contributed by atoms with Gasteiger partial charge in [0.1, 0.15) is 0 Å². The monoisotopic (exact) mass is 436 g/mol. The molecule has 0 aliphatic carbocycles. The van der Waals surface area contributed by atoms with E-state index < -0.39 is 0 Å². The fraction of sp³-hybridized carbons (Fsp3) is 0.964. The molecule has 0 spiro atoms. The normalized spacial score (nSPS) is 20.1. The Morgan fingerprint density at radius 3 is 1.81 bits per heavy atom. The fourth-order valence-electron chi connectivity index (χ4n) is 5.77. The highest BCUT2D eigenvalue weighted by Crippen LogP contribution is 2.43. The van der Waals surface area contributed by atoms with Crippen molar-refractivity contribution in [3.05, 3.63) is 0 Å². The summed E-state index contributed by atoms with van der Waals surface area (Å²) in [7, 11) is 0. The molecular formula is C28H56N2O. The summed E-state index contributed by atoms with van der Waals surface area (Å²) >= 11 is 0. The van der Waals surface area contributed by atoms with E-state index in [4.69, 9.17) is 10.2 Å². The van der Waals surface area contributed by atoms with Crippen molar-refractivity contribution in [3.8, 4) is 0 Å². The van der Waals surface area contributed by atoms with Crippen LogP contribution in [0.5, 0.6) is 0 Å². The molecule has 1 unspecified atom stereocenters. The summed E-state index contributed by atoms with van der Waals surface area (Å²) in [4.78, 5) is 6.16. The molecule has 0 aromatic carbocycles. The lowest BCUT2D eigenvalue weighted by Gasteiger charge is -2.54. The Kier molecular flexibility index (Phi) is 13.6. The average Bonchev–Trinajstić information content (AvgIpc) is 2.67. The van der Waals surface area contributed by atoms with Crippen molar-refractivity contribution >= 4 is 5.71 Å². The van der Waals surface area contributed by atoms with Gasteiger partial charge in [-0.1, -0.05) is 85.0 Å². The Hall–Kier alpha value is -0.410. The molecule has 0 saturated carbocycles. The topological polar surface area (TPSA) is 36.3 Å². The largest absolute Gasteiger partial charge is 0.309 e. The zero-order valence-corrected chi connectivity index (χ0v) is 22.3. The second-order valence-corrected chi connectivity index (χ2v) is 11.6. The molecule has 3 nitrogen and oxygen atoms in total. The van der Waals surface area contributed by atoms with Gasteiger partial charge in [-0.25, -0.2) is 0 Å². The van der Waals surface area contributed by atoms with Crippen LogP contribution in [-0.4, -0.2) is 28.5 Å². The quantitative estimate of drug-likeness (QED) is 0.182. The molecule has 3 heteroatoms. The number of hydrogen-bond acceptors (Lipinski definition) is 3. The lowest BCUT2D eigenvalue weighted by Crippen LogP contribution is -2.60. The highest BCUT2D eigenvalue weighted by molar-refractivity contribution is 5.83. The van der Waals surface area contributed by atoms with Gasteiger partial charge in [0, 0.05) is 16.8 Å². The fourth-order valence-corrected chi connectivity index (χ4v) is 5.77. The standard InChI is InChI=1S/C28H56N2O/c1-8-10-11-12-13-14-15-16-17-18-19-24(3)26(29)21-25-22-27(4,5)30(31-20-9-2)28(6,7)23-25/h24-25,29H,8-23H2,1-7H3. The third-order valence-electron chi connectivity index (χ3n) is 7.19. The van der Waals surface area contributed by atoms with Crippen LogP contribution in [0.15, 0.2) is 0 Å². The van der Waals surface area contributed by atoms with Gasteiger partial charge in [0.2, 0.25) is 0 Å². The van der Waals surface area contributed by atoms with Gasteiger partial charge >= 0.3 is 0 Å². The minimum Gasteiger partial charge on any atom is -0.309 e. The maximum atomic E-state index is 8.73. The third kappa shape index (κ3) is 10.8. The van der Waals surface area contributed by atoms with Crippen molar-refractivity contribution in [2.75, 3.05) is 6.61 Å². The predicted molar refractivity (Wildman–Crippen MR) is 137 cm³/mol. The van der Waals surface area contributed by atoms with Crippen LogP contribution in [0.4, 0.5) is 0 Å². The van der Waals surface area contributed by atoms with Crippen molar-refractivity contribution in [3.63, 3.8) is 0 Å².